The first-order valence-electron chi connectivity index (χ1n) is 8.10. The second-order valence-corrected chi connectivity index (χ2v) is 6.05. The highest BCUT2D eigenvalue weighted by molar-refractivity contribution is 6.02. The molecule has 6 nitrogen and oxygen atoms in total. The third-order valence-corrected chi connectivity index (χ3v) is 4.18. The minimum absolute atomic E-state index is 0.232. The lowest BCUT2D eigenvalue weighted by Crippen LogP contribution is -2.37. The van der Waals surface area contributed by atoms with E-state index in [-0.39, 0.29) is 11.7 Å². The topological polar surface area (TPSA) is 90.6 Å². The molecule has 1 heterocycles. The van der Waals surface area contributed by atoms with Gasteiger partial charge in [0.2, 0.25) is 0 Å². The van der Waals surface area contributed by atoms with Crippen LogP contribution in [-0.4, -0.2) is 50.0 Å². The van der Waals surface area contributed by atoms with Crippen LogP contribution in [0.1, 0.15) is 29.6 Å². The number of aliphatic hydroxyl groups excluding tert-OH is 1. The Morgan fingerprint density at radius 2 is 2.00 bits per heavy atom. The maximum absolute atomic E-state index is 12.4. The summed E-state index contributed by atoms with van der Waals surface area (Å²) in [6, 6.07) is 3.18. The number of benzene rings is 1. The minimum Gasteiger partial charge on any atom is -0.397 e. The summed E-state index contributed by atoms with van der Waals surface area (Å²) in [5.74, 6) is -0.597. The molecule has 0 bridgehead atoms. The maximum atomic E-state index is 12.4. The normalized spacial score (nSPS) is 16.0. The van der Waals surface area contributed by atoms with Crippen LogP contribution in [0.4, 0.5) is 30.2 Å². The zero-order valence-corrected chi connectivity index (χ0v) is 14.0. The third-order valence-electron chi connectivity index (χ3n) is 4.18. The Hall–Kier alpha value is -2.16. The summed E-state index contributed by atoms with van der Waals surface area (Å²) in [7, 11) is 1.69. The number of rotatable bonds is 5. The van der Waals surface area contributed by atoms with E-state index in [1.807, 2.05) is 4.90 Å². The number of nitrogens with two attached hydrogens (primary N) is 1. The van der Waals surface area contributed by atoms with Crippen LogP contribution in [0.15, 0.2) is 12.1 Å². The predicted octanol–water partition coefficient (Wildman–Crippen LogP) is 1.95. The Labute approximate surface area is 144 Å². The first-order chi connectivity index (χ1) is 11.7. The summed E-state index contributed by atoms with van der Waals surface area (Å²) >= 11 is 0. The van der Waals surface area contributed by atoms with Crippen molar-refractivity contribution in [2.24, 2.45) is 0 Å². The second-order valence-electron chi connectivity index (χ2n) is 6.05. The molecule has 1 saturated heterocycles. The Morgan fingerprint density at radius 1 is 1.36 bits per heavy atom. The van der Waals surface area contributed by atoms with E-state index >= 15 is 0 Å². The number of anilines is 3. The lowest BCUT2D eigenvalue weighted by atomic mass is 10.0. The van der Waals surface area contributed by atoms with Crippen molar-refractivity contribution in [1.29, 1.82) is 0 Å². The first kappa shape index (κ1) is 19.2. The zero-order valence-electron chi connectivity index (χ0n) is 14.0. The molecule has 0 aliphatic carbocycles. The molecule has 1 amide bonds. The van der Waals surface area contributed by atoms with Crippen LogP contribution in [0.25, 0.3) is 0 Å². The lowest BCUT2D eigenvalue weighted by Gasteiger charge is -2.33. The van der Waals surface area contributed by atoms with Crippen molar-refractivity contribution in [1.82, 2.24) is 5.32 Å². The van der Waals surface area contributed by atoms with Crippen LogP contribution in [0.2, 0.25) is 0 Å². The molecule has 1 aliphatic heterocycles. The van der Waals surface area contributed by atoms with E-state index in [2.05, 4.69) is 10.6 Å². The van der Waals surface area contributed by atoms with Crippen LogP contribution in [0.5, 0.6) is 0 Å². The zero-order chi connectivity index (χ0) is 18.6. The van der Waals surface area contributed by atoms with Crippen molar-refractivity contribution in [2.45, 2.75) is 31.5 Å². The monoisotopic (exact) mass is 360 g/mol. The van der Waals surface area contributed by atoms with Gasteiger partial charge in [0, 0.05) is 26.7 Å². The quantitative estimate of drug-likeness (QED) is 0.603. The number of hydrogen-bond acceptors (Lipinski definition) is 5. The second kappa shape index (κ2) is 7.81. The largest absolute Gasteiger partial charge is 0.397 e. The number of hydrogen-bond donors (Lipinski definition) is 4. The predicted molar refractivity (Wildman–Crippen MR) is 90.9 cm³/mol. The highest BCUT2D eigenvalue weighted by Crippen LogP contribution is 2.32. The van der Waals surface area contributed by atoms with E-state index < -0.39 is 25.0 Å². The lowest BCUT2D eigenvalue weighted by molar-refractivity contribution is -0.132. The fraction of sp³-hybridized carbons (Fsp3) is 0.562. The first-order valence-corrected chi connectivity index (χ1v) is 8.10. The SMILES string of the molecule is CNc1cc(N2CCC(O)CC2)c(C(=O)NCCC(F)(F)F)cc1N. The van der Waals surface area contributed by atoms with E-state index in [1.165, 1.54) is 6.07 Å². The van der Waals surface area contributed by atoms with Crippen molar-refractivity contribution in [3.05, 3.63) is 17.7 Å². The smallest absolute Gasteiger partial charge is 0.390 e. The number of nitrogens with zero attached hydrogens (tertiary/aromatic N) is 1. The summed E-state index contributed by atoms with van der Waals surface area (Å²) in [6.45, 7) is 0.613. The molecule has 140 valence electrons. The number of carbonyl (C=O) groups excluding carboxylic acids is 1. The number of amides is 1. The van der Waals surface area contributed by atoms with Crippen molar-refractivity contribution < 1.29 is 23.1 Å². The average Bonchev–Trinajstić information content (AvgIpc) is 2.54. The third kappa shape index (κ3) is 5.15. The highest BCUT2D eigenvalue weighted by Gasteiger charge is 2.27. The van der Waals surface area contributed by atoms with E-state index in [0.29, 0.717) is 43.0 Å². The number of nitrogens with one attached hydrogen (secondary N) is 2. The standard InChI is InChI=1S/C16H23F3N4O2/c1-21-13-9-14(23-6-2-10(24)3-7-23)11(8-12(13)20)15(25)22-5-4-16(17,18)19/h8-10,21,24H,2-7,20H2,1H3,(H,22,25). The van der Waals surface area contributed by atoms with E-state index in [9.17, 15) is 23.1 Å². The molecule has 9 heteroatoms. The molecule has 25 heavy (non-hydrogen) atoms. The molecule has 1 aromatic carbocycles. The number of aliphatic hydroxyl groups is 1. The Kier molecular flexibility index (Phi) is 5.99. The van der Waals surface area contributed by atoms with Crippen molar-refractivity contribution in [3.63, 3.8) is 0 Å². The van der Waals surface area contributed by atoms with Gasteiger partial charge in [0.05, 0.1) is 35.2 Å². The van der Waals surface area contributed by atoms with Gasteiger partial charge in [0.25, 0.3) is 5.91 Å². The van der Waals surface area contributed by atoms with Gasteiger partial charge in [-0.3, -0.25) is 4.79 Å². The van der Waals surface area contributed by atoms with Gasteiger partial charge in [-0.15, -0.1) is 0 Å². The van der Waals surface area contributed by atoms with Gasteiger partial charge in [-0.05, 0) is 25.0 Å². The number of carbonyl (C=O) groups is 1. The molecule has 1 aromatic rings. The minimum atomic E-state index is -4.33. The van der Waals surface area contributed by atoms with Crippen molar-refractivity contribution in [3.8, 4) is 0 Å². The molecular formula is C16H23F3N4O2. The van der Waals surface area contributed by atoms with E-state index in [1.54, 1.807) is 13.1 Å². The van der Waals surface area contributed by atoms with Crippen molar-refractivity contribution in [2.75, 3.05) is 42.6 Å². The highest BCUT2D eigenvalue weighted by atomic mass is 19.4. The van der Waals surface area contributed by atoms with Gasteiger partial charge < -0.3 is 26.4 Å². The van der Waals surface area contributed by atoms with Gasteiger partial charge in [-0.2, -0.15) is 13.2 Å². The van der Waals surface area contributed by atoms with Gasteiger partial charge in [0.15, 0.2) is 0 Å². The fourth-order valence-corrected chi connectivity index (χ4v) is 2.78. The van der Waals surface area contributed by atoms with Crippen LogP contribution in [0, 0.1) is 0 Å². The molecule has 0 spiro atoms. The van der Waals surface area contributed by atoms with Crippen LogP contribution < -0.4 is 21.3 Å². The fourth-order valence-electron chi connectivity index (χ4n) is 2.78. The molecule has 0 aromatic heterocycles. The molecule has 0 unspecified atom stereocenters. The Balaban J connectivity index is 2.22. The molecule has 5 N–H and O–H groups in total. The summed E-state index contributed by atoms with van der Waals surface area (Å²) in [5, 5.41) is 14.9. The number of nitrogen functional groups attached to an aromatic ring is 1. The van der Waals surface area contributed by atoms with Gasteiger partial charge in [-0.1, -0.05) is 0 Å². The summed E-state index contributed by atoms with van der Waals surface area (Å²) in [6.07, 6.45) is -4.66. The molecule has 2 rings (SSSR count). The maximum Gasteiger partial charge on any atom is 0.390 e. The molecular weight excluding hydrogens is 337 g/mol. The summed E-state index contributed by atoms with van der Waals surface area (Å²) < 4.78 is 36.8. The average molecular weight is 360 g/mol. The summed E-state index contributed by atoms with van der Waals surface area (Å²) in [5.41, 5.74) is 7.70. The molecule has 1 fully saturated rings. The number of piperidine rings is 1. The van der Waals surface area contributed by atoms with Crippen LogP contribution in [-0.2, 0) is 0 Å². The van der Waals surface area contributed by atoms with Gasteiger partial charge >= 0.3 is 6.18 Å². The summed E-state index contributed by atoms with van der Waals surface area (Å²) in [4.78, 5) is 14.3. The van der Waals surface area contributed by atoms with Crippen molar-refractivity contribution >= 4 is 23.0 Å². The molecule has 0 saturated carbocycles. The number of halogens is 3. The molecule has 0 radical (unpaired) electrons. The van der Waals surface area contributed by atoms with E-state index in [0.717, 1.165) is 0 Å². The Morgan fingerprint density at radius 3 is 2.56 bits per heavy atom. The van der Waals surface area contributed by atoms with Crippen LogP contribution >= 0.6 is 0 Å². The molecule has 0 atom stereocenters. The van der Waals surface area contributed by atoms with Crippen LogP contribution in [0.3, 0.4) is 0 Å². The van der Waals surface area contributed by atoms with E-state index in [4.69, 9.17) is 5.73 Å². The molecule has 1 aliphatic rings. The Bertz CT molecular complexity index is 614. The van der Waals surface area contributed by atoms with Gasteiger partial charge in [-0.25, -0.2) is 0 Å². The van der Waals surface area contributed by atoms with Gasteiger partial charge in [0.1, 0.15) is 0 Å². The number of alkyl halides is 3.